The van der Waals surface area contributed by atoms with Crippen LogP contribution in [0, 0.1) is 17.0 Å². The van der Waals surface area contributed by atoms with Gasteiger partial charge in [0.1, 0.15) is 5.69 Å². The fourth-order valence-electron chi connectivity index (χ4n) is 1.61. The zero-order valence-corrected chi connectivity index (χ0v) is 10.4. The molecule has 0 atom stereocenters. The summed E-state index contributed by atoms with van der Waals surface area (Å²) >= 11 is 0. The fourth-order valence-corrected chi connectivity index (χ4v) is 1.61. The summed E-state index contributed by atoms with van der Waals surface area (Å²) in [4.78, 5) is 33.0. The third-order valence-corrected chi connectivity index (χ3v) is 2.66. The number of anilines is 1. The summed E-state index contributed by atoms with van der Waals surface area (Å²) in [6, 6.07) is 6.80. The quantitative estimate of drug-likeness (QED) is 0.644. The summed E-state index contributed by atoms with van der Waals surface area (Å²) < 4.78 is 0. The summed E-state index contributed by atoms with van der Waals surface area (Å²) in [5, 5.41) is 19.0. The van der Waals surface area contributed by atoms with Gasteiger partial charge in [0.25, 0.3) is 17.2 Å². The number of hydrogen-bond donors (Lipinski definition) is 2. The number of amides is 1. The van der Waals surface area contributed by atoms with Crippen molar-refractivity contribution < 1.29 is 9.72 Å². The van der Waals surface area contributed by atoms with Crippen LogP contribution in [0.1, 0.15) is 16.1 Å². The molecule has 2 N–H and O–H groups in total. The summed E-state index contributed by atoms with van der Waals surface area (Å²) in [6.07, 6.45) is 0. The number of H-pyrrole nitrogens is 1. The number of aromatic nitrogens is 2. The van der Waals surface area contributed by atoms with E-state index in [-0.39, 0.29) is 11.4 Å². The maximum atomic E-state index is 11.9. The fraction of sp³-hybridized carbons (Fsp3) is 0.0833. The van der Waals surface area contributed by atoms with Crippen molar-refractivity contribution in [3.8, 4) is 0 Å². The molecule has 20 heavy (non-hydrogen) atoms. The predicted molar refractivity (Wildman–Crippen MR) is 70.6 cm³/mol. The number of nitro benzene ring substituents is 1. The Morgan fingerprint density at radius 2 is 2.10 bits per heavy atom. The molecule has 0 bridgehead atoms. The standard InChI is InChI=1S/C12H10N4O4/c1-7-8(3-2-4-10(7)16(19)20)13-12(18)9-5-6-11(17)15-14-9/h2-6H,1H3,(H,13,18)(H,15,17). The first-order valence-corrected chi connectivity index (χ1v) is 5.60. The van der Waals surface area contributed by atoms with Crippen LogP contribution in [-0.4, -0.2) is 21.0 Å². The van der Waals surface area contributed by atoms with Crippen molar-refractivity contribution in [2.45, 2.75) is 6.92 Å². The molecular weight excluding hydrogens is 264 g/mol. The summed E-state index contributed by atoms with van der Waals surface area (Å²) in [5.74, 6) is -0.565. The molecule has 8 nitrogen and oxygen atoms in total. The lowest BCUT2D eigenvalue weighted by atomic mass is 10.1. The lowest BCUT2D eigenvalue weighted by Gasteiger charge is -2.07. The largest absolute Gasteiger partial charge is 0.320 e. The van der Waals surface area contributed by atoms with Crippen molar-refractivity contribution in [2.24, 2.45) is 0 Å². The van der Waals surface area contributed by atoms with Crippen molar-refractivity contribution in [1.82, 2.24) is 10.2 Å². The van der Waals surface area contributed by atoms with Gasteiger partial charge in [-0.2, -0.15) is 5.10 Å². The lowest BCUT2D eigenvalue weighted by molar-refractivity contribution is -0.385. The highest BCUT2D eigenvalue weighted by atomic mass is 16.6. The van der Waals surface area contributed by atoms with E-state index >= 15 is 0 Å². The van der Waals surface area contributed by atoms with E-state index in [2.05, 4.69) is 15.5 Å². The molecule has 1 aromatic carbocycles. The first kappa shape index (κ1) is 13.4. The van der Waals surface area contributed by atoms with Crippen LogP contribution in [0.15, 0.2) is 35.1 Å². The Morgan fingerprint density at radius 3 is 2.70 bits per heavy atom. The number of benzene rings is 1. The molecule has 0 aliphatic carbocycles. The minimum absolute atomic E-state index is 0.00973. The predicted octanol–water partition coefficient (Wildman–Crippen LogP) is 1.24. The van der Waals surface area contributed by atoms with Crippen LogP contribution in [0.25, 0.3) is 0 Å². The molecule has 0 saturated heterocycles. The Labute approximate surface area is 112 Å². The van der Waals surface area contributed by atoms with Crippen LogP contribution >= 0.6 is 0 Å². The number of carbonyl (C=O) groups excluding carboxylic acids is 1. The smallest absolute Gasteiger partial charge is 0.276 e. The third kappa shape index (κ3) is 2.69. The second kappa shape index (κ2) is 5.31. The lowest BCUT2D eigenvalue weighted by Crippen LogP contribution is -2.18. The van der Waals surface area contributed by atoms with Crippen LogP contribution in [0.4, 0.5) is 11.4 Å². The Kier molecular flexibility index (Phi) is 3.56. The van der Waals surface area contributed by atoms with Crippen molar-refractivity contribution in [1.29, 1.82) is 0 Å². The minimum Gasteiger partial charge on any atom is -0.320 e. The van der Waals surface area contributed by atoms with Crippen LogP contribution in [-0.2, 0) is 0 Å². The third-order valence-electron chi connectivity index (χ3n) is 2.66. The van der Waals surface area contributed by atoms with Crippen molar-refractivity contribution in [3.63, 3.8) is 0 Å². The highest BCUT2D eigenvalue weighted by molar-refractivity contribution is 6.03. The van der Waals surface area contributed by atoms with Crippen LogP contribution < -0.4 is 10.9 Å². The molecule has 0 fully saturated rings. The number of hydrogen-bond acceptors (Lipinski definition) is 5. The van der Waals surface area contributed by atoms with Gasteiger partial charge in [-0.25, -0.2) is 5.10 Å². The van der Waals surface area contributed by atoms with Crippen LogP contribution in [0.5, 0.6) is 0 Å². The maximum absolute atomic E-state index is 11.9. The molecule has 1 heterocycles. The highest BCUT2D eigenvalue weighted by Crippen LogP contribution is 2.25. The van der Waals surface area contributed by atoms with Gasteiger partial charge in [-0.1, -0.05) is 6.07 Å². The zero-order chi connectivity index (χ0) is 14.7. The zero-order valence-electron chi connectivity index (χ0n) is 10.4. The molecule has 0 unspecified atom stereocenters. The Hall–Kier alpha value is -3.03. The van der Waals surface area contributed by atoms with Crippen molar-refractivity contribution in [3.05, 3.63) is 62.1 Å². The van der Waals surface area contributed by atoms with Gasteiger partial charge in [0, 0.05) is 12.1 Å². The Bertz CT molecular complexity index is 718. The maximum Gasteiger partial charge on any atom is 0.276 e. The van der Waals surface area contributed by atoms with E-state index in [9.17, 15) is 19.7 Å². The SMILES string of the molecule is Cc1c(NC(=O)c2ccc(=O)[nH]n2)cccc1[N+](=O)[O-]. The van der Waals surface area contributed by atoms with Crippen molar-refractivity contribution >= 4 is 17.3 Å². The highest BCUT2D eigenvalue weighted by Gasteiger charge is 2.16. The molecule has 0 saturated carbocycles. The molecule has 102 valence electrons. The molecular formula is C12H10N4O4. The number of rotatable bonds is 3. The van der Waals surface area contributed by atoms with Gasteiger partial charge in [-0.3, -0.25) is 19.7 Å². The molecule has 1 aromatic heterocycles. The van der Waals surface area contributed by atoms with E-state index in [1.165, 1.54) is 31.2 Å². The van der Waals surface area contributed by atoms with E-state index in [0.29, 0.717) is 11.3 Å². The molecule has 2 aromatic rings. The molecule has 1 amide bonds. The minimum atomic E-state index is -0.565. The van der Waals surface area contributed by atoms with E-state index in [0.717, 1.165) is 0 Å². The topological polar surface area (TPSA) is 118 Å². The van der Waals surface area contributed by atoms with Crippen molar-refractivity contribution in [2.75, 3.05) is 5.32 Å². The summed E-state index contributed by atoms with van der Waals surface area (Å²) in [6.45, 7) is 1.54. The number of carbonyl (C=O) groups is 1. The number of nitrogens with zero attached hydrogens (tertiary/aromatic N) is 2. The second-order valence-corrected chi connectivity index (χ2v) is 3.97. The summed E-state index contributed by atoms with van der Waals surface area (Å²) in [7, 11) is 0. The van der Waals surface area contributed by atoms with E-state index < -0.39 is 16.4 Å². The summed E-state index contributed by atoms with van der Waals surface area (Å²) in [5.41, 5.74) is 0.160. The second-order valence-electron chi connectivity index (χ2n) is 3.97. The molecule has 2 rings (SSSR count). The number of aromatic amines is 1. The van der Waals surface area contributed by atoms with Gasteiger partial charge in [0.2, 0.25) is 0 Å². The Morgan fingerprint density at radius 1 is 1.35 bits per heavy atom. The Balaban J connectivity index is 2.28. The van der Waals surface area contributed by atoms with Gasteiger partial charge in [-0.05, 0) is 19.1 Å². The first-order valence-electron chi connectivity index (χ1n) is 5.60. The molecule has 0 spiro atoms. The number of nitro groups is 1. The first-order chi connectivity index (χ1) is 9.49. The monoisotopic (exact) mass is 274 g/mol. The van der Waals surface area contributed by atoms with E-state index in [4.69, 9.17) is 0 Å². The van der Waals surface area contributed by atoms with Gasteiger partial charge in [0.05, 0.1) is 16.2 Å². The van der Waals surface area contributed by atoms with Gasteiger partial charge < -0.3 is 5.32 Å². The molecule has 0 aliphatic heterocycles. The molecule has 0 aliphatic rings. The van der Waals surface area contributed by atoms with E-state index in [1.807, 2.05) is 0 Å². The van der Waals surface area contributed by atoms with Gasteiger partial charge >= 0.3 is 0 Å². The normalized spacial score (nSPS) is 10.1. The number of nitrogens with one attached hydrogen (secondary N) is 2. The molecule has 0 radical (unpaired) electrons. The average Bonchev–Trinajstić information content (AvgIpc) is 2.41. The molecule has 8 heteroatoms. The van der Waals surface area contributed by atoms with Crippen LogP contribution in [0.3, 0.4) is 0 Å². The van der Waals surface area contributed by atoms with Gasteiger partial charge in [0.15, 0.2) is 0 Å². The van der Waals surface area contributed by atoms with E-state index in [1.54, 1.807) is 6.07 Å². The van der Waals surface area contributed by atoms with Gasteiger partial charge in [-0.15, -0.1) is 0 Å². The average molecular weight is 274 g/mol. The van der Waals surface area contributed by atoms with Crippen LogP contribution in [0.2, 0.25) is 0 Å².